The molecule has 0 radical (unpaired) electrons. The molecule has 1 heterocycles. The van der Waals surface area contributed by atoms with Crippen LogP contribution in [-0.2, 0) is 4.79 Å². The molecule has 1 aliphatic heterocycles. The molecule has 1 rings (SSSR count). The fraction of sp³-hybridized carbons (Fsp3) is 0.923. The van der Waals surface area contributed by atoms with Crippen LogP contribution in [0.5, 0.6) is 0 Å². The highest BCUT2D eigenvalue weighted by Crippen LogP contribution is 2.30. The van der Waals surface area contributed by atoms with Crippen molar-refractivity contribution in [2.45, 2.75) is 57.7 Å². The Morgan fingerprint density at radius 3 is 2.55 bits per heavy atom. The molecule has 118 valence electrons. The lowest BCUT2D eigenvalue weighted by Gasteiger charge is -2.25. The van der Waals surface area contributed by atoms with E-state index in [-0.39, 0.29) is 42.2 Å². The molecular formula is C13H23F3N2OS. The monoisotopic (exact) mass is 312 g/mol. The van der Waals surface area contributed by atoms with Crippen LogP contribution in [0.15, 0.2) is 0 Å². The minimum Gasteiger partial charge on any atom is -0.325 e. The number of nitrogens with one attached hydrogen (secondary N) is 1. The van der Waals surface area contributed by atoms with Crippen molar-refractivity contribution in [3.8, 4) is 0 Å². The summed E-state index contributed by atoms with van der Waals surface area (Å²) in [7, 11) is 0. The summed E-state index contributed by atoms with van der Waals surface area (Å²) in [5.74, 6) is 0.225. The molecule has 7 heteroatoms. The van der Waals surface area contributed by atoms with Crippen LogP contribution in [0.25, 0.3) is 0 Å². The van der Waals surface area contributed by atoms with Crippen molar-refractivity contribution in [1.29, 1.82) is 0 Å². The van der Waals surface area contributed by atoms with Gasteiger partial charge in [0.15, 0.2) is 0 Å². The standard InChI is InChI=1S/C13H23F3N2OS/c1-4-5-10-12(19)18(6-7-20-13(14,15)16)11(17-10)8-9(2)3/h9-11,17H,4-8H2,1-3H3. The van der Waals surface area contributed by atoms with Gasteiger partial charge in [0.05, 0.1) is 12.2 Å². The molecule has 0 aromatic carbocycles. The second-order valence-corrected chi connectivity index (χ2v) is 6.64. The number of thioether (sulfide) groups is 1. The van der Waals surface area contributed by atoms with Gasteiger partial charge in [-0.25, -0.2) is 0 Å². The second kappa shape index (κ2) is 7.54. The van der Waals surface area contributed by atoms with E-state index >= 15 is 0 Å². The van der Waals surface area contributed by atoms with Crippen LogP contribution in [0.1, 0.15) is 40.0 Å². The van der Waals surface area contributed by atoms with Crippen molar-refractivity contribution < 1.29 is 18.0 Å². The summed E-state index contributed by atoms with van der Waals surface area (Å²) in [6.45, 7) is 6.23. The summed E-state index contributed by atoms with van der Waals surface area (Å²) >= 11 is -0.0637. The Labute approximate surface area is 122 Å². The van der Waals surface area contributed by atoms with E-state index in [4.69, 9.17) is 0 Å². The molecule has 3 nitrogen and oxygen atoms in total. The molecule has 1 amide bonds. The summed E-state index contributed by atoms with van der Waals surface area (Å²) in [5.41, 5.74) is -4.23. The van der Waals surface area contributed by atoms with Crippen LogP contribution in [-0.4, -0.2) is 40.8 Å². The van der Waals surface area contributed by atoms with Crippen molar-refractivity contribution in [2.24, 2.45) is 5.92 Å². The number of alkyl halides is 3. The molecule has 1 saturated heterocycles. The summed E-state index contributed by atoms with van der Waals surface area (Å²) in [4.78, 5) is 13.8. The third kappa shape index (κ3) is 5.52. The third-order valence-corrected chi connectivity index (χ3v) is 3.93. The smallest absolute Gasteiger partial charge is 0.325 e. The number of nitrogens with zero attached hydrogens (tertiary/aromatic N) is 1. The van der Waals surface area contributed by atoms with Gasteiger partial charge in [0.2, 0.25) is 5.91 Å². The highest BCUT2D eigenvalue weighted by molar-refractivity contribution is 8.00. The first-order chi connectivity index (χ1) is 9.24. The first-order valence-corrected chi connectivity index (χ1v) is 8.00. The quantitative estimate of drug-likeness (QED) is 0.783. The summed E-state index contributed by atoms with van der Waals surface area (Å²) < 4.78 is 36.5. The van der Waals surface area contributed by atoms with Gasteiger partial charge in [-0.2, -0.15) is 13.2 Å². The summed E-state index contributed by atoms with van der Waals surface area (Å²) in [5, 5.41) is 3.26. The minimum atomic E-state index is -4.23. The van der Waals surface area contributed by atoms with E-state index in [1.165, 1.54) is 0 Å². The molecule has 0 saturated carbocycles. The molecule has 2 atom stereocenters. The van der Waals surface area contributed by atoms with Crippen molar-refractivity contribution in [1.82, 2.24) is 10.2 Å². The Hall–Kier alpha value is -0.430. The Bertz CT molecular complexity index is 323. The average Bonchev–Trinajstić information content (AvgIpc) is 2.56. The van der Waals surface area contributed by atoms with E-state index in [1.807, 2.05) is 20.8 Å². The van der Waals surface area contributed by atoms with Crippen LogP contribution in [0.3, 0.4) is 0 Å². The first kappa shape index (κ1) is 17.6. The zero-order valence-corrected chi connectivity index (χ0v) is 13.0. The molecule has 2 unspecified atom stereocenters. The van der Waals surface area contributed by atoms with Gasteiger partial charge in [0.1, 0.15) is 0 Å². The molecule has 20 heavy (non-hydrogen) atoms. The first-order valence-electron chi connectivity index (χ1n) is 7.01. The van der Waals surface area contributed by atoms with Crippen LogP contribution >= 0.6 is 11.8 Å². The Morgan fingerprint density at radius 2 is 2.05 bits per heavy atom. The molecule has 0 aliphatic carbocycles. The largest absolute Gasteiger partial charge is 0.441 e. The maximum absolute atomic E-state index is 12.2. The number of carbonyl (C=O) groups excluding carboxylic acids is 1. The van der Waals surface area contributed by atoms with Crippen LogP contribution in [0, 0.1) is 5.92 Å². The number of hydrogen-bond acceptors (Lipinski definition) is 3. The van der Waals surface area contributed by atoms with E-state index in [1.54, 1.807) is 4.90 Å². The summed E-state index contributed by atoms with van der Waals surface area (Å²) in [6.07, 6.45) is 2.25. The van der Waals surface area contributed by atoms with Gasteiger partial charge in [-0.1, -0.05) is 27.2 Å². The van der Waals surface area contributed by atoms with Gasteiger partial charge in [0, 0.05) is 12.3 Å². The predicted octanol–water partition coefficient (Wildman–Crippen LogP) is 3.21. The molecular weight excluding hydrogens is 289 g/mol. The normalized spacial score (nSPS) is 23.9. The molecule has 1 aliphatic rings. The maximum atomic E-state index is 12.2. The van der Waals surface area contributed by atoms with Crippen LogP contribution in [0.4, 0.5) is 13.2 Å². The number of amides is 1. The molecule has 0 aromatic heterocycles. The highest BCUT2D eigenvalue weighted by Gasteiger charge is 2.38. The molecule has 1 fully saturated rings. The van der Waals surface area contributed by atoms with Crippen molar-refractivity contribution in [2.75, 3.05) is 12.3 Å². The second-order valence-electron chi connectivity index (χ2n) is 5.48. The maximum Gasteiger partial charge on any atom is 0.441 e. The van der Waals surface area contributed by atoms with Crippen LogP contribution in [0.2, 0.25) is 0 Å². The van der Waals surface area contributed by atoms with E-state index < -0.39 is 5.51 Å². The lowest BCUT2D eigenvalue weighted by molar-refractivity contribution is -0.130. The highest BCUT2D eigenvalue weighted by atomic mass is 32.2. The van der Waals surface area contributed by atoms with E-state index in [0.717, 1.165) is 19.3 Å². The zero-order chi connectivity index (χ0) is 15.3. The van der Waals surface area contributed by atoms with Gasteiger partial charge >= 0.3 is 5.51 Å². The fourth-order valence-electron chi connectivity index (χ4n) is 2.41. The van der Waals surface area contributed by atoms with Crippen molar-refractivity contribution in [3.05, 3.63) is 0 Å². The van der Waals surface area contributed by atoms with Gasteiger partial charge in [-0.05, 0) is 30.5 Å². The zero-order valence-electron chi connectivity index (χ0n) is 12.2. The van der Waals surface area contributed by atoms with E-state index in [2.05, 4.69) is 5.32 Å². The fourth-order valence-corrected chi connectivity index (χ4v) is 2.93. The molecule has 1 N–H and O–H groups in total. The Kier molecular flexibility index (Phi) is 6.64. The predicted molar refractivity (Wildman–Crippen MR) is 75.3 cm³/mol. The van der Waals surface area contributed by atoms with Gasteiger partial charge in [0.25, 0.3) is 0 Å². The van der Waals surface area contributed by atoms with Gasteiger partial charge in [-0.15, -0.1) is 0 Å². The molecule has 0 bridgehead atoms. The topological polar surface area (TPSA) is 32.3 Å². The number of rotatable bonds is 7. The lowest BCUT2D eigenvalue weighted by atomic mass is 10.1. The number of carbonyl (C=O) groups is 1. The van der Waals surface area contributed by atoms with E-state index in [0.29, 0.717) is 5.92 Å². The lowest BCUT2D eigenvalue weighted by Crippen LogP contribution is -2.40. The number of halogens is 3. The van der Waals surface area contributed by atoms with Gasteiger partial charge in [-0.3, -0.25) is 10.1 Å². The van der Waals surface area contributed by atoms with Crippen molar-refractivity contribution >= 4 is 17.7 Å². The average molecular weight is 312 g/mol. The Morgan fingerprint density at radius 1 is 1.40 bits per heavy atom. The third-order valence-electron chi connectivity index (χ3n) is 3.22. The molecule has 0 aromatic rings. The summed E-state index contributed by atoms with van der Waals surface area (Å²) in [6, 6.07) is -0.236. The van der Waals surface area contributed by atoms with E-state index in [9.17, 15) is 18.0 Å². The SMILES string of the molecule is CCCC1NC(CC(C)C)N(CCSC(F)(F)F)C1=O. The molecule has 0 spiro atoms. The van der Waals surface area contributed by atoms with Crippen molar-refractivity contribution in [3.63, 3.8) is 0 Å². The number of hydrogen-bond donors (Lipinski definition) is 1. The van der Waals surface area contributed by atoms with Crippen LogP contribution < -0.4 is 5.32 Å². The minimum absolute atomic E-state index is 0.0553. The van der Waals surface area contributed by atoms with Gasteiger partial charge < -0.3 is 4.90 Å². The Balaban J connectivity index is 2.59.